The molecule has 94 valence electrons. The van der Waals surface area contributed by atoms with Gasteiger partial charge >= 0.3 is 0 Å². The average Bonchev–Trinajstić information content (AvgIpc) is 2.80. The lowest BCUT2D eigenvalue weighted by molar-refractivity contribution is 0.0568. The van der Waals surface area contributed by atoms with Crippen molar-refractivity contribution in [2.75, 3.05) is 6.54 Å². The molecule has 2 atom stereocenters. The zero-order chi connectivity index (χ0) is 12.4. The molecule has 1 aliphatic heterocycles. The van der Waals surface area contributed by atoms with Crippen LogP contribution in [0.1, 0.15) is 42.2 Å². The van der Waals surface area contributed by atoms with Crippen LogP contribution in [0.3, 0.4) is 0 Å². The van der Waals surface area contributed by atoms with E-state index in [0.717, 1.165) is 18.0 Å². The van der Waals surface area contributed by atoms with Crippen LogP contribution < -0.4 is 5.73 Å². The Morgan fingerprint density at radius 2 is 2.35 bits per heavy atom. The molecular formula is C12H19N3OS. The minimum Gasteiger partial charge on any atom is -0.334 e. The molecule has 1 aliphatic rings. The summed E-state index contributed by atoms with van der Waals surface area (Å²) in [7, 11) is 0. The number of rotatable bonds is 2. The Hall–Kier alpha value is -0.940. The Kier molecular flexibility index (Phi) is 3.79. The summed E-state index contributed by atoms with van der Waals surface area (Å²) in [5, 5.41) is 2.64. The molecule has 0 aliphatic carbocycles. The fourth-order valence-electron chi connectivity index (χ4n) is 2.22. The molecule has 1 saturated heterocycles. The van der Waals surface area contributed by atoms with Crippen molar-refractivity contribution in [3.05, 3.63) is 16.1 Å². The maximum absolute atomic E-state index is 12.3. The van der Waals surface area contributed by atoms with E-state index in [-0.39, 0.29) is 5.91 Å². The predicted molar refractivity (Wildman–Crippen MR) is 68.9 cm³/mol. The first kappa shape index (κ1) is 12.5. The summed E-state index contributed by atoms with van der Waals surface area (Å²) in [6, 6.07) is 0.321. The number of carbonyl (C=O) groups is 1. The van der Waals surface area contributed by atoms with Crippen LogP contribution in [-0.4, -0.2) is 28.4 Å². The van der Waals surface area contributed by atoms with Gasteiger partial charge in [0.15, 0.2) is 0 Å². The number of aromatic nitrogens is 1. The van der Waals surface area contributed by atoms with Crippen LogP contribution in [0.2, 0.25) is 0 Å². The lowest BCUT2D eigenvalue weighted by Gasteiger charge is -2.36. The second-order valence-corrected chi connectivity index (χ2v) is 5.76. The molecule has 1 aromatic rings. The summed E-state index contributed by atoms with van der Waals surface area (Å²) in [5.41, 5.74) is 6.07. The van der Waals surface area contributed by atoms with E-state index >= 15 is 0 Å². The van der Waals surface area contributed by atoms with Gasteiger partial charge in [0.25, 0.3) is 5.91 Å². The van der Waals surface area contributed by atoms with Crippen molar-refractivity contribution in [1.82, 2.24) is 9.88 Å². The molecule has 0 saturated carbocycles. The minimum absolute atomic E-state index is 0.0556. The highest BCUT2D eigenvalue weighted by Crippen LogP contribution is 2.23. The standard InChI is InChI=1S/C12H19N3OS/c1-8-3-4-9(2)15(6-8)12(16)10-7-17-11(5-13)14-10/h7-9H,3-6,13H2,1-2H3. The molecule has 4 nitrogen and oxygen atoms in total. The molecule has 1 amide bonds. The van der Waals surface area contributed by atoms with E-state index in [2.05, 4.69) is 18.8 Å². The maximum atomic E-state index is 12.3. The van der Waals surface area contributed by atoms with Crippen molar-refractivity contribution in [3.63, 3.8) is 0 Å². The fourth-order valence-corrected chi connectivity index (χ4v) is 2.87. The average molecular weight is 253 g/mol. The Labute approximate surface area is 106 Å². The predicted octanol–water partition coefficient (Wildman–Crippen LogP) is 1.86. The van der Waals surface area contributed by atoms with Crippen LogP contribution in [0, 0.1) is 5.92 Å². The van der Waals surface area contributed by atoms with Crippen molar-refractivity contribution in [1.29, 1.82) is 0 Å². The highest BCUT2D eigenvalue weighted by Gasteiger charge is 2.28. The van der Waals surface area contributed by atoms with Gasteiger partial charge < -0.3 is 10.6 Å². The van der Waals surface area contributed by atoms with Crippen molar-refractivity contribution in [3.8, 4) is 0 Å². The number of amides is 1. The second kappa shape index (κ2) is 5.14. The summed E-state index contributed by atoms with van der Waals surface area (Å²) in [6.45, 7) is 5.55. The Balaban J connectivity index is 2.12. The van der Waals surface area contributed by atoms with Gasteiger partial charge in [-0.05, 0) is 25.7 Å². The first-order chi connectivity index (χ1) is 8.11. The largest absolute Gasteiger partial charge is 0.334 e. The minimum atomic E-state index is 0.0556. The van der Waals surface area contributed by atoms with Gasteiger partial charge in [0.1, 0.15) is 10.7 Å². The van der Waals surface area contributed by atoms with E-state index in [1.165, 1.54) is 17.8 Å². The number of carbonyl (C=O) groups excluding carboxylic acids is 1. The normalized spacial score (nSPS) is 25.0. The van der Waals surface area contributed by atoms with Crippen LogP contribution in [0.15, 0.2) is 5.38 Å². The molecule has 2 rings (SSSR count). The third-order valence-electron chi connectivity index (χ3n) is 3.32. The van der Waals surface area contributed by atoms with Gasteiger partial charge in [-0.25, -0.2) is 4.98 Å². The molecule has 5 heteroatoms. The smallest absolute Gasteiger partial charge is 0.273 e. The number of hydrogen-bond acceptors (Lipinski definition) is 4. The maximum Gasteiger partial charge on any atom is 0.273 e. The summed E-state index contributed by atoms with van der Waals surface area (Å²) in [4.78, 5) is 18.5. The van der Waals surface area contributed by atoms with Crippen molar-refractivity contribution in [2.24, 2.45) is 11.7 Å². The van der Waals surface area contributed by atoms with Gasteiger partial charge in [-0.1, -0.05) is 6.92 Å². The molecule has 2 N–H and O–H groups in total. The first-order valence-corrected chi connectivity index (χ1v) is 6.95. The number of likely N-dealkylation sites (tertiary alicyclic amines) is 1. The molecule has 17 heavy (non-hydrogen) atoms. The van der Waals surface area contributed by atoms with Gasteiger partial charge in [-0.15, -0.1) is 11.3 Å². The summed E-state index contributed by atoms with van der Waals surface area (Å²) in [6.07, 6.45) is 2.29. The van der Waals surface area contributed by atoms with Crippen LogP contribution in [-0.2, 0) is 6.54 Å². The first-order valence-electron chi connectivity index (χ1n) is 6.07. The van der Waals surface area contributed by atoms with Gasteiger partial charge in [-0.2, -0.15) is 0 Å². The Bertz CT molecular complexity index is 404. The van der Waals surface area contributed by atoms with Crippen LogP contribution in [0.5, 0.6) is 0 Å². The van der Waals surface area contributed by atoms with Gasteiger partial charge in [-0.3, -0.25) is 4.79 Å². The SMILES string of the molecule is CC1CCC(C)N(C(=O)c2csc(CN)n2)C1. The summed E-state index contributed by atoms with van der Waals surface area (Å²) in [5.74, 6) is 0.641. The molecule has 2 unspecified atom stereocenters. The van der Waals surface area contributed by atoms with E-state index < -0.39 is 0 Å². The molecule has 0 bridgehead atoms. The van der Waals surface area contributed by atoms with Crippen molar-refractivity contribution >= 4 is 17.2 Å². The highest BCUT2D eigenvalue weighted by molar-refractivity contribution is 7.09. The molecule has 0 radical (unpaired) electrons. The Morgan fingerprint density at radius 1 is 1.59 bits per heavy atom. The number of hydrogen-bond donors (Lipinski definition) is 1. The van der Waals surface area contributed by atoms with Crippen LogP contribution >= 0.6 is 11.3 Å². The van der Waals surface area contributed by atoms with E-state index in [1.54, 1.807) is 0 Å². The van der Waals surface area contributed by atoms with Crippen LogP contribution in [0.25, 0.3) is 0 Å². The topological polar surface area (TPSA) is 59.2 Å². The van der Waals surface area contributed by atoms with Crippen molar-refractivity contribution < 1.29 is 4.79 Å². The second-order valence-electron chi connectivity index (χ2n) is 4.82. The molecule has 1 fully saturated rings. The number of piperidine rings is 1. The summed E-state index contributed by atoms with van der Waals surface area (Å²) < 4.78 is 0. The number of thiazole rings is 1. The van der Waals surface area contributed by atoms with Gasteiger partial charge in [0, 0.05) is 24.5 Å². The quantitative estimate of drug-likeness (QED) is 0.875. The molecule has 0 spiro atoms. The van der Waals surface area contributed by atoms with Crippen molar-refractivity contribution in [2.45, 2.75) is 39.3 Å². The third-order valence-corrected chi connectivity index (χ3v) is 4.20. The van der Waals surface area contributed by atoms with Gasteiger partial charge in [0.2, 0.25) is 0 Å². The Morgan fingerprint density at radius 3 is 3.00 bits per heavy atom. The fraction of sp³-hybridized carbons (Fsp3) is 0.667. The van der Waals surface area contributed by atoms with Gasteiger partial charge in [0.05, 0.1) is 0 Å². The molecule has 1 aromatic heterocycles. The number of nitrogens with two attached hydrogens (primary N) is 1. The zero-order valence-corrected chi connectivity index (χ0v) is 11.2. The molecule has 0 aromatic carbocycles. The highest BCUT2D eigenvalue weighted by atomic mass is 32.1. The lowest BCUT2D eigenvalue weighted by atomic mass is 9.95. The molecule has 2 heterocycles. The number of nitrogens with zero attached hydrogens (tertiary/aromatic N) is 2. The molecular weight excluding hydrogens is 234 g/mol. The zero-order valence-electron chi connectivity index (χ0n) is 10.3. The monoisotopic (exact) mass is 253 g/mol. The van der Waals surface area contributed by atoms with E-state index in [1.807, 2.05) is 10.3 Å². The third kappa shape index (κ3) is 2.66. The van der Waals surface area contributed by atoms with Crippen LogP contribution in [0.4, 0.5) is 0 Å². The summed E-state index contributed by atoms with van der Waals surface area (Å²) >= 11 is 1.46. The lowest BCUT2D eigenvalue weighted by Crippen LogP contribution is -2.45. The van der Waals surface area contributed by atoms with E-state index in [0.29, 0.717) is 24.2 Å². The van der Waals surface area contributed by atoms with E-state index in [4.69, 9.17) is 5.73 Å². The van der Waals surface area contributed by atoms with E-state index in [9.17, 15) is 4.79 Å².